The van der Waals surface area contributed by atoms with Crippen molar-refractivity contribution in [3.63, 3.8) is 0 Å². The zero-order valence-corrected chi connectivity index (χ0v) is 16.5. The van der Waals surface area contributed by atoms with Crippen LogP contribution in [-0.2, 0) is 23.1 Å². The van der Waals surface area contributed by atoms with Crippen LogP contribution in [0.3, 0.4) is 0 Å². The molecule has 0 amide bonds. The van der Waals surface area contributed by atoms with Gasteiger partial charge in [0.15, 0.2) is 0 Å². The molecule has 3 aromatic carbocycles. The van der Waals surface area contributed by atoms with Gasteiger partial charge in [0.25, 0.3) is 0 Å². The van der Waals surface area contributed by atoms with Crippen molar-refractivity contribution in [2.75, 3.05) is 0 Å². The normalized spacial score (nSPS) is 11.6. The van der Waals surface area contributed by atoms with Crippen molar-refractivity contribution >= 4 is 32.6 Å². The van der Waals surface area contributed by atoms with Gasteiger partial charge < -0.3 is 0 Å². The van der Waals surface area contributed by atoms with Crippen LogP contribution in [-0.4, -0.2) is 12.7 Å². The van der Waals surface area contributed by atoms with E-state index >= 15 is 0 Å². The summed E-state index contributed by atoms with van der Waals surface area (Å²) in [5.41, 5.74) is 1.93. The van der Waals surface area contributed by atoms with Gasteiger partial charge in [0.05, 0.1) is 4.90 Å². The van der Waals surface area contributed by atoms with Gasteiger partial charge in [0.1, 0.15) is 0 Å². The molecular weight excluding hydrogens is 445 g/mol. The summed E-state index contributed by atoms with van der Waals surface area (Å²) in [6.45, 7) is 0.675. The van der Waals surface area contributed by atoms with Crippen LogP contribution in [0.2, 0.25) is 0 Å². The van der Waals surface area contributed by atoms with E-state index in [4.69, 9.17) is 0 Å². The first-order valence-corrected chi connectivity index (χ1v) is 10.4. The van der Waals surface area contributed by atoms with Gasteiger partial charge in [-0.05, 0) is 58.0 Å². The highest BCUT2D eigenvalue weighted by Crippen LogP contribution is 2.22. The maximum Gasteiger partial charge on any atom is 0.243 e. The lowest BCUT2D eigenvalue weighted by molar-refractivity contribution is 0.401. The zero-order valence-electron chi connectivity index (χ0n) is 13.5. The average Bonchev–Trinajstić information content (AvgIpc) is 2.63. The second-order valence-electron chi connectivity index (χ2n) is 5.70. The minimum atomic E-state index is -3.58. The Kier molecular flexibility index (Phi) is 5.88. The fraction of sp³-hybridized carbons (Fsp3) is 0.100. The minimum absolute atomic E-state index is 0.319. The molecule has 3 nitrogen and oxygen atoms in total. The third-order valence-electron chi connectivity index (χ3n) is 3.85. The Morgan fingerprint density at radius 1 is 0.680 bits per heavy atom. The number of halogens is 1. The van der Waals surface area contributed by atoms with Gasteiger partial charge in [0.2, 0.25) is 10.0 Å². The lowest BCUT2D eigenvalue weighted by Crippen LogP contribution is -2.30. The zero-order chi connectivity index (χ0) is 17.7. The van der Waals surface area contributed by atoms with E-state index in [1.807, 2.05) is 72.8 Å². The second-order valence-corrected chi connectivity index (χ2v) is 8.88. The highest BCUT2D eigenvalue weighted by molar-refractivity contribution is 14.1. The van der Waals surface area contributed by atoms with Crippen molar-refractivity contribution in [2.24, 2.45) is 0 Å². The van der Waals surface area contributed by atoms with E-state index in [9.17, 15) is 8.42 Å². The highest BCUT2D eigenvalue weighted by atomic mass is 127. The first-order chi connectivity index (χ1) is 12.1. The number of sulfonamides is 1. The molecule has 0 heterocycles. The van der Waals surface area contributed by atoms with Crippen molar-refractivity contribution in [3.05, 3.63) is 99.6 Å². The molecule has 5 heteroatoms. The quantitative estimate of drug-likeness (QED) is 0.498. The first-order valence-electron chi connectivity index (χ1n) is 7.89. The van der Waals surface area contributed by atoms with Crippen LogP contribution < -0.4 is 0 Å². The van der Waals surface area contributed by atoms with E-state index in [-0.39, 0.29) is 0 Å². The molecule has 0 atom stereocenters. The van der Waals surface area contributed by atoms with Crippen LogP contribution in [0.5, 0.6) is 0 Å². The summed E-state index contributed by atoms with van der Waals surface area (Å²) in [6, 6.07) is 26.3. The predicted molar refractivity (Wildman–Crippen MR) is 108 cm³/mol. The molecule has 0 radical (unpaired) electrons. The van der Waals surface area contributed by atoms with E-state index in [1.54, 1.807) is 12.1 Å². The van der Waals surface area contributed by atoms with Crippen molar-refractivity contribution in [2.45, 2.75) is 18.0 Å². The van der Waals surface area contributed by atoms with Crippen LogP contribution in [0.25, 0.3) is 0 Å². The summed E-state index contributed by atoms with van der Waals surface area (Å²) in [7, 11) is -3.58. The Morgan fingerprint density at radius 2 is 1.12 bits per heavy atom. The number of hydrogen-bond donors (Lipinski definition) is 0. The topological polar surface area (TPSA) is 37.4 Å². The fourth-order valence-electron chi connectivity index (χ4n) is 2.56. The molecule has 0 bridgehead atoms. The molecule has 0 spiro atoms. The molecule has 3 rings (SSSR count). The van der Waals surface area contributed by atoms with E-state index in [2.05, 4.69) is 22.6 Å². The molecule has 0 aromatic heterocycles. The highest BCUT2D eigenvalue weighted by Gasteiger charge is 2.24. The van der Waals surface area contributed by atoms with Crippen molar-refractivity contribution in [3.8, 4) is 0 Å². The van der Waals surface area contributed by atoms with Gasteiger partial charge in [0, 0.05) is 16.7 Å². The van der Waals surface area contributed by atoms with Crippen LogP contribution in [0.4, 0.5) is 0 Å². The standard InChI is InChI=1S/C20H18INO2S/c21-19-11-13-20(14-12-19)25(23,24)22(15-17-7-3-1-4-8-17)16-18-9-5-2-6-10-18/h1-14H,15-16H2. The molecular formula is C20H18INO2S. The largest absolute Gasteiger partial charge is 0.243 e. The molecule has 0 saturated carbocycles. The number of hydrogen-bond acceptors (Lipinski definition) is 2. The SMILES string of the molecule is O=S(=O)(c1ccc(I)cc1)N(Cc1ccccc1)Cc1ccccc1. The number of rotatable bonds is 6. The van der Waals surface area contributed by atoms with E-state index < -0.39 is 10.0 Å². The van der Waals surface area contributed by atoms with E-state index in [0.717, 1.165) is 14.7 Å². The lowest BCUT2D eigenvalue weighted by atomic mass is 10.2. The molecule has 0 N–H and O–H groups in total. The van der Waals surface area contributed by atoms with Crippen molar-refractivity contribution in [1.82, 2.24) is 4.31 Å². The second kappa shape index (κ2) is 8.12. The van der Waals surface area contributed by atoms with E-state index in [0.29, 0.717) is 18.0 Å². The summed E-state index contributed by atoms with van der Waals surface area (Å²) < 4.78 is 28.9. The van der Waals surface area contributed by atoms with Crippen molar-refractivity contribution in [1.29, 1.82) is 0 Å². The minimum Gasteiger partial charge on any atom is -0.207 e. The van der Waals surface area contributed by atoms with Gasteiger partial charge in [-0.1, -0.05) is 60.7 Å². The smallest absolute Gasteiger partial charge is 0.207 e. The Morgan fingerprint density at radius 3 is 1.56 bits per heavy atom. The number of nitrogens with zero attached hydrogens (tertiary/aromatic N) is 1. The van der Waals surface area contributed by atoms with E-state index in [1.165, 1.54) is 4.31 Å². The maximum absolute atomic E-state index is 13.2. The molecule has 0 aliphatic heterocycles. The summed E-state index contributed by atoms with van der Waals surface area (Å²) in [5, 5.41) is 0. The van der Waals surface area contributed by atoms with Crippen LogP contribution in [0, 0.1) is 3.57 Å². The fourth-order valence-corrected chi connectivity index (χ4v) is 4.33. The first kappa shape index (κ1) is 18.1. The molecule has 25 heavy (non-hydrogen) atoms. The number of benzene rings is 3. The van der Waals surface area contributed by atoms with Gasteiger partial charge >= 0.3 is 0 Å². The van der Waals surface area contributed by atoms with Gasteiger partial charge in [-0.15, -0.1) is 0 Å². The third-order valence-corrected chi connectivity index (χ3v) is 6.38. The predicted octanol–water partition coefficient (Wildman–Crippen LogP) is 4.68. The summed E-state index contributed by atoms with van der Waals surface area (Å²) in [4.78, 5) is 0.319. The Hall–Kier alpha value is -1.70. The molecule has 128 valence electrons. The molecule has 0 fully saturated rings. The summed E-state index contributed by atoms with van der Waals surface area (Å²) >= 11 is 2.17. The third kappa shape index (κ3) is 4.68. The van der Waals surface area contributed by atoms with Gasteiger partial charge in [-0.3, -0.25) is 0 Å². The van der Waals surface area contributed by atoms with Crippen LogP contribution in [0.1, 0.15) is 11.1 Å². The Labute approximate surface area is 162 Å². The van der Waals surface area contributed by atoms with Crippen LogP contribution >= 0.6 is 22.6 Å². The summed E-state index contributed by atoms with van der Waals surface area (Å²) in [5.74, 6) is 0. The van der Waals surface area contributed by atoms with Gasteiger partial charge in [-0.2, -0.15) is 4.31 Å². The lowest BCUT2D eigenvalue weighted by Gasteiger charge is -2.22. The van der Waals surface area contributed by atoms with Crippen LogP contribution in [0.15, 0.2) is 89.8 Å². The van der Waals surface area contributed by atoms with Gasteiger partial charge in [-0.25, -0.2) is 8.42 Å². The maximum atomic E-state index is 13.2. The Bertz CT molecular complexity index is 869. The molecule has 3 aromatic rings. The van der Waals surface area contributed by atoms with Crippen molar-refractivity contribution < 1.29 is 8.42 Å². The average molecular weight is 463 g/mol. The molecule has 0 saturated heterocycles. The molecule has 0 aliphatic rings. The molecule has 0 aliphatic carbocycles. The molecule has 0 unspecified atom stereocenters. The Balaban J connectivity index is 1.95. The summed E-state index contributed by atoms with van der Waals surface area (Å²) in [6.07, 6.45) is 0. The monoisotopic (exact) mass is 463 g/mol.